The van der Waals surface area contributed by atoms with Crippen LogP contribution in [0.5, 0.6) is 5.75 Å². The topological polar surface area (TPSA) is 73.9 Å². The van der Waals surface area contributed by atoms with Crippen LogP contribution >= 0.6 is 0 Å². The number of aryl methyl sites for hydroxylation is 1. The van der Waals surface area contributed by atoms with Gasteiger partial charge >= 0.3 is 0 Å². The Morgan fingerprint density at radius 2 is 1.72 bits per heavy atom. The van der Waals surface area contributed by atoms with Crippen molar-refractivity contribution in [1.82, 2.24) is 5.32 Å². The third-order valence-electron chi connectivity index (χ3n) is 6.47. The Morgan fingerprint density at radius 1 is 0.972 bits per heavy atom. The lowest BCUT2D eigenvalue weighted by atomic mass is 9.95. The molecule has 1 heterocycles. The molecule has 1 aliphatic heterocycles. The lowest BCUT2D eigenvalue weighted by Crippen LogP contribution is -2.25. The van der Waals surface area contributed by atoms with Gasteiger partial charge in [-0.1, -0.05) is 42.5 Å². The molecule has 0 bridgehead atoms. The summed E-state index contributed by atoms with van der Waals surface area (Å²) in [7, 11) is 0. The van der Waals surface area contributed by atoms with Gasteiger partial charge in [0.1, 0.15) is 18.5 Å². The fourth-order valence-electron chi connectivity index (χ4n) is 4.30. The van der Waals surface area contributed by atoms with E-state index in [1.165, 1.54) is 0 Å². The van der Waals surface area contributed by atoms with Gasteiger partial charge in [0.15, 0.2) is 11.6 Å². The molecule has 1 unspecified atom stereocenters. The molecule has 1 aliphatic carbocycles. The largest absolute Gasteiger partial charge is 0.491 e. The first-order valence-electron chi connectivity index (χ1n) is 12.4. The summed E-state index contributed by atoms with van der Waals surface area (Å²) in [5.74, 6) is -0.102. The van der Waals surface area contributed by atoms with Gasteiger partial charge in [0.2, 0.25) is 0 Å². The second-order valence-corrected chi connectivity index (χ2v) is 9.97. The highest BCUT2D eigenvalue weighted by Gasteiger charge is 2.33. The number of carbonyl (C=O) groups is 2. The number of hydrogen-bond acceptors (Lipinski definition) is 5. The number of nitrogens with one attached hydrogen (secondary N) is 1. The Kier molecular flexibility index (Phi) is 6.65. The fourth-order valence-corrected chi connectivity index (χ4v) is 4.30. The van der Waals surface area contributed by atoms with Gasteiger partial charge in [-0.15, -0.1) is 0 Å². The summed E-state index contributed by atoms with van der Waals surface area (Å²) in [5, 5.41) is 3.04. The van der Waals surface area contributed by atoms with Crippen LogP contribution in [0.2, 0.25) is 0 Å². The Labute approximate surface area is 211 Å². The summed E-state index contributed by atoms with van der Waals surface area (Å²) < 4.78 is 17.2. The third kappa shape index (κ3) is 5.66. The van der Waals surface area contributed by atoms with Crippen molar-refractivity contribution in [2.45, 2.75) is 51.5 Å². The molecule has 2 aliphatic rings. The first-order chi connectivity index (χ1) is 17.3. The molecule has 0 aromatic heterocycles. The van der Waals surface area contributed by atoms with Crippen LogP contribution in [-0.2, 0) is 9.47 Å². The van der Waals surface area contributed by atoms with E-state index in [0.717, 1.165) is 29.5 Å². The maximum absolute atomic E-state index is 13.2. The predicted molar refractivity (Wildman–Crippen MR) is 137 cm³/mol. The van der Waals surface area contributed by atoms with Crippen molar-refractivity contribution >= 4 is 11.7 Å². The fraction of sp³-hybridized carbons (Fsp3) is 0.333. The minimum Gasteiger partial charge on any atom is -0.491 e. The van der Waals surface area contributed by atoms with Gasteiger partial charge in [-0.05, 0) is 74.6 Å². The van der Waals surface area contributed by atoms with Gasteiger partial charge < -0.3 is 19.5 Å². The van der Waals surface area contributed by atoms with Gasteiger partial charge in [0.05, 0.1) is 6.61 Å². The number of hydrogen-bond donors (Lipinski definition) is 1. The molecular weight excluding hydrogens is 454 g/mol. The van der Waals surface area contributed by atoms with E-state index in [1.807, 2.05) is 75.4 Å². The van der Waals surface area contributed by atoms with E-state index in [2.05, 4.69) is 5.32 Å². The van der Waals surface area contributed by atoms with Crippen molar-refractivity contribution in [2.75, 3.05) is 13.2 Å². The summed E-state index contributed by atoms with van der Waals surface area (Å²) in [4.78, 5) is 25.6. The van der Waals surface area contributed by atoms with Crippen LogP contribution in [0.1, 0.15) is 58.5 Å². The Balaban J connectivity index is 1.27. The summed E-state index contributed by atoms with van der Waals surface area (Å²) in [5.41, 5.74) is 4.81. The van der Waals surface area contributed by atoms with Crippen LogP contribution in [0.15, 0.2) is 66.7 Å². The Hall–Kier alpha value is -3.48. The molecule has 1 N–H and O–H groups in total. The molecule has 3 aromatic rings. The first kappa shape index (κ1) is 24.2. The van der Waals surface area contributed by atoms with Crippen LogP contribution < -0.4 is 10.1 Å². The first-order valence-corrected chi connectivity index (χ1v) is 12.4. The highest BCUT2D eigenvalue weighted by molar-refractivity contribution is 6.09. The molecule has 1 saturated heterocycles. The van der Waals surface area contributed by atoms with E-state index < -0.39 is 5.79 Å². The lowest BCUT2D eigenvalue weighted by Gasteiger charge is -2.17. The summed E-state index contributed by atoms with van der Waals surface area (Å²) in [6, 6.07) is 20.7. The molecule has 6 nitrogen and oxygen atoms in total. The standard InChI is InChI=1S/C30H31NO5/c1-19-7-8-23(29(33)31-24-13-14-24)16-27(19)20-9-11-21(12-10-20)28(32)22-5-4-6-25(15-22)34-17-26-18-35-30(2,3)36-26/h4-12,15-16,24,26H,13-14,17-18H2,1-3H3,(H,31,33). The molecule has 2 fully saturated rings. The smallest absolute Gasteiger partial charge is 0.251 e. The van der Waals surface area contributed by atoms with Crippen LogP contribution in [0.3, 0.4) is 0 Å². The van der Waals surface area contributed by atoms with E-state index in [9.17, 15) is 9.59 Å². The van der Waals surface area contributed by atoms with Gasteiger partial charge in [0.25, 0.3) is 5.91 Å². The second kappa shape index (κ2) is 9.88. The molecule has 6 heteroatoms. The van der Waals surface area contributed by atoms with E-state index in [-0.39, 0.29) is 17.8 Å². The highest BCUT2D eigenvalue weighted by atomic mass is 16.7. The molecule has 186 valence electrons. The number of rotatable bonds is 8. The normalized spacial score (nSPS) is 18.6. The van der Waals surface area contributed by atoms with Crippen molar-refractivity contribution in [1.29, 1.82) is 0 Å². The number of ketones is 1. The zero-order valence-electron chi connectivity index (χ0n) is 20.9. The molecule has 0 spiro atoms. The molecule has 1 amide bonds. The zero-order chi connectivity index (χ0) is 25.3. The van der Waals surface area contributed by atoms with Gasteiger partial charge in [-0.3, -0.25) is 9.59 Å². The Morgan fingerprint density at radius 3 is 2.42 bits per heavy atom. The van der Waals surface area contributed by atoms with Gasteiger partial charge in [-0.2, -0.15) is 0 Å². The van der Waals surface area contributed by atoms with Crippen molar-refractivity contribution in [3.8, 4) is 16.9 Å². The second-order valence-electron chi connectivity index (χ2n) is 9.97. The average Bonchev–Trinajstić information content (AvgIpc) is 3.62. The van der Waals surface area contributed by atoms with Crippen molar-refractivity contribution < 1.29 is 23.8 Å². The maximum atomic E-state index is 13.2. The van der Waals surface area contributed by atoms with Crippen molar-refractivity contribution in [2.24, 2.45) is 0 Å². The minimum absolute atomic E-state index is 0.0385. The van der Waals surface area contributed by atoms with E-state index in [1.54, 1.807) is 12.1 Å². The molecule has 5 rings (SSSR count). The van der Waals surface area contributed by atoms with E-state index >= 15 is 0 Å². The van der Waals surface area contributed by atoms with Crippen molar-refractivity contribution in [3.05, 3.63) is 89.0 Å². The van der Waals surface area contributed by atoms with Crippen LogP contribution in [0.4, 0.5) is 0 Å². The number of ether oxygens (including phenoxy) is 3. The minimum atomic E-state index is -0.596. The van der Waals surface area contributed by atoms with E-state index in [4.69, 9.17) is 14.2 Å². The predicted octanol–water partition coefficient (Wildman–Crippen LogP) is 5.32. The molecule has 1 saturated carbocycles. The zero-order valence-corrected chi connectivity index (χ0v) is 20.9. The van der Waals surface area contributed by atoms with Crippen LogP contribution in [0, 0.1) is 6.92 Å². The molecule has 36 heavy (non-hydrogen) atoms. The highest BCUT2D eigenvalue weighted by Crippen LogP contribution is 2.27. The third-order valence-corrected chi connectivity index (χ3v) is 6.47. The SMILES string of the molecule is Cc1ccc(C(=O)NC2CC2)cc1-c1ccc(C(=O)c2cccc(OCC3COC(C)(C)O3)c2)cc1. The summed E-state index contributed by atoms with van der Waals surface area (Å²) >= 11 is 0. The quantitative estimate of drug-likeness (QED) is 0.438. The summed E-state index contributed by atoms with van der Waals surface area (Å²) in [6.45, 7) is 6.60. The maximum Gasteiger partial charge on any atom is 0.251 e. The van der Waals surface area contributed by atoms with Crippen molar-refractivity contribution in [3.63, 3.8) is 0 Å². The molecule has 3 aromatic carbocycles. The number of carbonyl (C=O) groups excluding carboxylic acids is 2. The van der Waals surface area contributed by atoms with Gasteiger partial charge in [0, 0.05) is 22.7 Å². The average molecular weight is 486 g/mol. The Bertz CT molecular complexity index is 1280. The monoisotopic (exact) mass is 485 g/mol. The van der Waals surface area contributed by atoms with E-state index in [0.29, 0.717) is 41.7 Å². The number of amides is 1. The number of benzene rings is 3. The molecular formula is C30H31NO5. The van der Waals surface area contributed by atoms with Crippen LogP contribution in [0.25, 0.3) is 11.1 Å². The van der Waals surface area contributed by atoms with Crippen LogP contribution in [-0.4, -0.2) is 42.8 Å². The molecule has 1 atom stereocenters. The molecule has 0 radical (unpaired) electrons. The summed E-state index contributed by atoms with van der Waals surface area (Å²) in [6.07, 6.45) is 1.96. The lowest BCUT2D eigenvalue weighted by molar-refractivity contribution is -0.141. The van der Waals surface area contributed by atoms with Gasteiger partial charge in [-0.25, -0.2) is 0 Å².